The molecule has 112 valence electrons. The molecule has 0 saturated heterocycles. The minimum atomic E-state index is -0.0981. The highest BCUT2D eigenvalue weighted by molar-refractivity contribution is 9.10. The smallest absolute Gasteiger partial charge is 0.270 e. The number of fused-ring (bicyclic) bond motifs is 1. The number of hydrogen-bond acceptors (Lipinski definition) is 2. The molecule has 22 heavy (non-hydrogen) atoms. The van der Waals surface area contributed by atoms with Gasteiger partial charge in [-0.15, -0.1) is 0 Å². The number of aryl methyl sites for hydroxylation is 1. The van der Waals surface area contributed by atoms with Crippen LogP contribution in [0.4, 0.5) is 0 Å². The van der Waals surface area contributed by atoms with Crippen LogP contribution in [0.2, 0.25) is 0 Å². The van der Waals surface area contributed by atoms with E-state index in [1.165, 1.54) is 5.56 Å². The molecular formula is C17H16BrN3O. The second-order valence-corrected chi connectivity index (χ2v) is 6.03. The molecule has 2 heterocycles. The lowest BCUT2D eigenvalue weighted by molar-refractivity contribution is 0.0947. The molecular weight excluding hydrogens is 342 g/mol. The Balaban J connectivity index is 1.75. The predicted molar refractivity (Wildman–Crippen MR) is 90.1 cm³/mol. The van der Waals surface area contributed by atoms with Gasteiger partial charge in [0.2, 0.25) is 0 Å². The molecule has 1 N–H and O–H groups in total. The van der Waals surface area contributed by atoms with E-state index in [-0.39, 0.29) is 5.91 Å². The third-order valence-corrected chi connectivity index (χ3v) is 3.98. The third-order valence-electron chi connectivity index (χ3n) is 3.51. The second-order valence-electron chi connectivity index (χ2n) is 5.11. The largest absolute Gasteiger partial charge is 0.350 e. The van der Waals surface area contributed by atoms with Gasteiger partial charge in [-0.25, -0.2) is 4.98 Å². The Bertz CT molecular complexity index is 811. The van der Waals surface area contributed by atoms with Crippen LogP contribution in [-0.2, 0) is 6.42 Å². The fraction of sp³-hybridized carbons (Fsp3) is 0.176. The minimum Gasteiger partial charge on any atom is -0.350 e. The maximum atomic E-state index is 12.5. The van der Waals surface area contributed by atoms with Crippen molar-refractivity contribution in [2.45, 2.75) is 13.3 Å². The summed E-state index contributed by atoms with van der Waals surface area (Å²) in [6.45, 7) is 2.45. The fourth-order valence-electron chi connectivity index (χ4n) is 2.46. The number of aromatic nitrogens is 2. The van der Waals surface area contributed by atoms with Gasteiger partial charge in [0.15, 0.2) is 0 Å². The van der Waals surface area contributed by atoms with E-state index in [1.54, 1.807) is 0 Å². The van der Waals surface area contributed by atoms with Gasteiger partial charge in [0.25, 0.3) is 5.91 Å². The topological polar surface area (TPSA) is 46.4 Å². The highest BCUT2D eigenvalue weighted by Gasteiger charge is 2.16. The van der Waals surface area contributed by atoms with Gasteiger partial charge in [0.1, 0.15) is 11.3 Å². The van der Waals surface area contributed by atoms with Crippen molar-refractivity contribution in [3.8, 4) is 0 Å². The van der Waals surface area contributed by atoms with Crippen LogP contribution in [0.15, 0.2) is 53.1 Å². The number of hydrogen-bond donors (Lipinski definition) is 1. The Morgan fingerprint density at radius 2 is 2.00 bits per heavy atom. The first-order chi connectivity index (χ1) is 10.6. The number of halogens is 1. The van der Waals surface area contributed by atoms with E-state index in [2.05, 4.69) is 38.4 Å². The van der Waals surface area contributed by atoms with Gasteiger partial charge in [0, 0.05) is 17.2 Å². The highest BCUT2D eigenvalue weighted by Crippen LogP contribution is 2.16. The Morgan fingerprint density at radius 3 is 2.77 bits per heavy atom. The zero-order chi connectivity index (χ0) is 15.5. The molecule has 0 unspecified atom stereocenters. The maximum Gasteiger partial charge on any atom is 0.270 e. The Morgan fingerprint density at radius 1 is 1.23 bits per heavy atom. The monoisotopic (exact) mass is 357 g/mol. The summed E-state index contributed by atoms with van der Waals surface area (Å²) in [4.78, 5) is 16.9. The van der Waals surface area contributed by atoms with Gasteiger partial charge in [-0.3, -0.25) is 9.20 Å². The van der Waals surface area contributed by atoms with E-state index in [9.17, 15) is 4.79 Å². The van der Waals surface area contributed by atoms with Crippen molar-refractivity contribution in [1.29, 1.82) is 0 Å². The fourth-order valence-corrected chi connectivity index (χ4v) is 2.80. The molecule has 3 aromatic rings. The first kappa shape index (κ1) is 14.8. The molecule has 0 radical (unpaired) electrons. The molecule has 3 rings (SSSR count). The van der Waals surface area contributed by atoms with Gasteiger partial charge in [-0.2, -0.15) is 0 Å². The van der Waals surface area contributed by atoms with Crippen molar-refractivity contribution in [3.63, 3.8) is 0 Å². The number of amides is 1. The number of nitrogens with one attached hydrogen (secondary N) is 1. The summed E-state index contributed by atoms with van der Waals surface area (Å²) in [7, 11) is 0. The van der Waals surface area contributed by atoms with Gasteiger partial charge in [-0.1, -0.05) is 30.3 Å². The van der Waals surface area contributed by atoms with Crippen LogP contribution in [0.25, 0.3) is 5.65 Å². The van der Waals surface area contributed by atoms with Crippen LogP contribution in [0.1, 0.15) is 21.7 Å². The number of benzene rings is 1. The summed E-state index contributed by atoms with van der Waals surface area (Å²) < 4.78 is 2.73. The summed E-state index contributed by atoms with van der Waals surface area (Å²) in [5.74, 6) is -0.0981. The number of pyridine rings is 1. The molecule has 0 aliphatic heterocycles. The molecule has 1 amide bonds. The number of nitrogens with zero attached hydrogens (tertiary/aromatic N) is 2. The first-order valence-electron chi connectivity index (χ1n) is 7.11. The van der Waals surface area contributed by atoms with Gasteiger partial charge < -0.3 is 5.32 Å². The van der Waals surface area contributed by atoms with Crippen LogP contribution in [0.3, 0.4) is 0 Å². The second kappa shape index (κ2) is 6.32. The standard InChI is InChI=1S/C17H16BrN3O/c1-12-16(21-11-14(18)7-8-15(21)20-12)17(22)19-10-9-13-5-3-2-4-6-13/h2-8,11H,9-10H2,1H3,(H,19,22). The van der Waals surface area contributed by atoms with Crippen molar-refractivity contribution >= 4 is 27.5 Å². The first-order valence-corrected chi connectivity index (χ1v) is 7.91. The van der Waals surface area contributed by atoms with Gasteiger partial charge >= 0.3 is 0 Å². The maximum absolute atomic E-state index is 12.5. The molecule has 0 spiro atoms. The Labute approximate surface area is 137 Å². The molecule has 2 aromatic heterocycles. The van der Waals surface area contributed by atoms with Crippen molar-refractivity contribution in [2.24, 2.45) is 0 Å². The summed E-state index contributed by atoms with van der Waals surface area (Å²) in [6, 6.07) is 13.9. The molecule has 0 bridgehead atoms. The number of carbonyl (C=O) groups excluding carboxylic acids is 1. The Hall–Kier alpha value is -2.14. The lowest BCUT2D eigenvalue weighted by Gasteiger charge is -2.06. The van der Waals surface area contributed by atoms with E-state index in [4.69, 9.17) is 0 Å². The van der Waals surface area contributed by atoms with Crippen LogP contribution >= 0.6 is 15.9 Å². The molecule has 0 aliphatic carbocycles. The van der Waals surface area contributed by atoms with Crippen molar-refractivity contribution in [2.75, 3.05) is 6.54 Å². The molecule has 0 saturated carbocycles. The van der Waals surface area contributed by atoms with E-state index < -0.39 is 0 Å². The molecule has 0 atom stereocenters. The normalized spacial score (nSPS) is 10.8. The molecule has 1 aromatic carbocycles. The van der Waals surface area contributed by atoms with E-state index >= 15 is 0 Å². The third kappa shape index (κ3) is 3.04. The van der Waals surface area contributed by atoms with E-state index in [0.717, 1.165) is 22.2 Å². The van der Waals surface area contributed by atoms with E-state index in [0.29, 0.717) is 12.2 Å². The number of imidazole rings is 1. The minimum absolute atomic E-state index is 0.0981. The number of carbonyl (C=O) groups is 1. The van der Waals surface area contributed by atoms with Gasteiger partial charge in [0.05, 0.1) is 5.69 Å². The lowest BCUT2D eigenvalue weighted by Crippen LogP contribution is -2.27. The van der Waals surface area contributed by atoms with Crippen LogP contribution in [0, 0.1) is 6.92 Å². The zero-order valence-electron chi connectivity index (χ0n) is 12.2. The summed E-state index contributed by atoms with van der Waals surface area (Å²) in [5, 5.41) is 2.97. The van der Waals surface area contributed by atoms with Crippen molar-refractivity contribution in [1.82, 2.24) is 14.7 Å². The van der Waals surface area contributed by atoms with Crippen LogP contribution in [0.5, 0.6) is 0 Å². The summed E-state index contributed by atoms with van der Waals surface area (Å²) >= 11 is 3.43. The summed E-state index contributed by atoms with van der Waals surface area (Å²) in [6.07, 6.45) is 2.67. The van der Waals surface area contributed by atoms with E-state index in [1.807, 2.05) is 47.9 Å². The van der Waals surface area contributed by atoms with Crippen LogP contribution in [-0.4, -0.2) is 21.8 Å². The van der Waals surface area contributed by atoms with Crippen molar-refractivity contribution < 1.29 is 4.79 Å². The van der Waals surface area contributed by atoms with Crippen molar-refractivity contribution in [3.05, 3.63) is 70.1 Å². The van der Waals surface area contributed by atoms with Crippen LogP contribution < -0.4 is 5.32 Å². The quantitative estimate of drug-likeness (QED) is 0.777. The zero-order valence-corrected chi connectivity index (χ0v) is 13.8. The number of rotatable bonds is 4. The van der Waals surface area contributed by atoms with Gasteiger partial charge in [-0.05, 0) is 47.0 Å². The summed E-state index contributed by atoms with van der Waals surface area (Å²) in [5.41, 5.74) is 3.30. The molecule has 0 aliphatic rings. The predicted octanol–water partition coefficient (Wildman–Crippen LogP) is 3.38. The Kier molecular flexibility index (Phi) is 4.24. The average molecular weight is 358 g/mol. The molecule has 5 heteroatoms. The molecule has 4 nitrogen and oxygen atoms in total. The average Bonchev–Trinajstić information content (AvgIpc) is 2.83. The lowest BCUT2D eigenvalue weighted by atomic mass is 10.1. The SMILES string of the molecule is Cc1nc2ccc(Br)cn2c1C(=O)NCCc1ccccc1. The highest BCUT2D eigenvalue weighted by atomic mass is 79.9. The molecule has 0 fully saturated rings.